The molecule has 2 unspecified atom stereocenters. The van der Waals surface area contributed by atoms with Crippen molar-refractivity contribution in [1.82, 2.24) is 5.43 Å². The van der Waals surface area contributed by atoms with E-state index in [1.807, 2.05) is 91.4 Å². The number of rotatable bonds is 14. The van der Waals surface area contributed by atoms with Gasteiger partial charge in [0.1, 0.15) is 11.5 Å². The molecule has 0 aliphatic heterocycles. The molecule has 0 bridgehead atoms. The van der Waals surface area contributed by atoms with Crippen molar-refractivity contribution in [3.8, 4) is 23.0 Å². The summed E-state index contributed by atoms with van der Waals surface area (Å²) in [4.78, 5) is 38.4. The standard InChI is InChI=1S/C19H21NO3S.C9H12N2OS.C9H10O3/c1-22-17-10-9-14(11-18(17)23-2)12-20-13-16(21)19(24-3)15-7-5-4-6-8-15;1-13-8(9(12)11-10)7-5-3-2-4-6-7;1-11-8-4-3-7(6-10)5-9(8)12-2/h4-12,19H,13H2,1-3H3;2-6,8H,10H2,1H3,(H,11,12);3-6H,1-2H3. The number of carbonyl (C=O) groups is 3. The van der Waals surface area contributed by atoms with Gasteiger partial charge >= 0.3 is 0 Å². The molecule has 1 amide bonds. The molecule has 0 saturated heterocycles. The van der Waals surface area contributed by atoms with Crippen molar-refractivity contribution < 1.29 is 33.3 Å². The molecule has 0 aliphatic rings. The molecule has 260 valence electrons. The molecule has 49 heavy (non-hydrogen) atoms. The van der Waals surface area contributed by atoms with Gasteiger partial charge in [0.05, 0.1) is 40.2 Å². The maximum Gasteiger partial charge on any atom is 0.251 e. The highest BCUT2D eigenvalue weighted by molar-refractivity contribution is 7.99. The van der Waals surface area contributed by atoms with Crippen LogP contribution in [0.1, 0.15) is 37.5 Å². The molecule has 10 nitrogen and oxygen atoms in total. The first-order chi connectivity index (χ1) is 23.8. The Morgan fingerprint density at radius 1 is 0.694 bits per heavy atom. The van der Waals surface area contributed by atoms with Crippen LogP contribution in [0.5, 0.6) is 23.0 Å². The first kappa shape index (κ1) is 40.4. The third-order valence-corrected chi connectivity index (χ3v) is 8.75. The van der Waals surface area contributed by atoms with Crippen LogP contribution in [0.2, 0.25) is 0 Å². The average molecular weight is 706 g/mol. The van der Waals surface area contributed by atoms with Crippen molar-refractivity contribution in [3.63, 3.8) is 0 Å². The number of thioether (sulfide) groups is 2. The van der Waals surface area contributed by atoms with E-state index in [2.05, 4.69) is 10.4 Å². The molecule has 0 fully saturated rings. The van der Waals surface area contributed by atoms with Crippen molar-refractivity contribution in [2.24, 2.45) is 10.8 Å². The van der Waals surface area contributed by atoms with Crippen LogP contribution in [-0.4, -0.2) is 71.7 Å². The molecular formula is C37H43N3O7S2. The minimum Gasteiger partial charge on any atom is -0.493 e. The molecule has 4 aromatic rings. The number of nitrogens with zero attached hydrogens (tertiary/aromatic N) is 1. The lowest BCUT2D eigenvalue weighted by molar-refractivity contribution is -0.120. The van der Waals surface area contributed by atoms with Gasteiger partial charge in [-0.3, -0.25) is 24.8 Å². The summed E-state index contributed by atoms with van der Waals surface area (Å²) in [6, 6.07) is 29.8. The van der Waals surface area contributed by atoms with E-state index in [0.717, 1.165) is 23.0 Å². The molecule has 2 atom stereocenters. The van der Waals surface area contributed by atoms with Gasteiger partial charge in [-0.05, 0) is 65.6 Å². The number of Topliss-reactive ketones (excluding diaryl/α,β-unsaturated/α-hetero) is 1. The summed E-state index contributed by atoms with van der Waals surface area (Å²) >= 11 is 2.99. The SMILES string of the molecule is COc1ccc(C=NCC(=O)C(SC)c2ccccc2)cc1OC.COc1ccc(C=O)cc1OC.CSC(C(=O)NN)c1ccccc1. The van der Waals surface area contributed by atoms with Crippen LogP contribution in [0.3, 0.4) is 0 Å². The maximum atomic E-state index is 12.4. The van der Waals surface area contributed by atoms with Crippen molar-refractivity contribution in [2.75, 3.05) is 47.5 Å². The van der Waals surface area contributed by atoms with Crippen LogP contribution in [0, 0.1) is 0 Å². The smallest absolute Gasteiger partial charge is 0.251 e. The van der Waals surface area contributed by atoms with Crippen molar-refractivity contribution in [1.29, 1.82) is 0 Å². The van der Waals surface area contributed by atoms with Crippen LogP contribution in [0.25, 0.3) is 0 Å². The van der Waals surface area contributed by atoms with Gasteiger partial charge in [0.2, 0.25) is 0 Å². The number of hydrogen-bond acceptors (Lipinski definition) is 11. The monoisotopic (exact) mass is 705 g/mol. The fourth-order valence-electron chi connectivity index (χ4n) is 4.36. The lowest BCUT2D eigenvalue weighted by Crippen LogP contribution is -2.33. The molecule has 4 rings (SSSR count). The molecule has 0 spiro atoms. The molecule has 0 heterocycles. The van der Waals surface area contributed by atoms with E-state index >= 15 is 0 Å². The Morgan fingerprint density at radius 2 is 1.14 bits per heavy atom. The molecule has 12 heteroatoms. The fourth-order valence-corrected chi connectivity index (χ4v) is 5.84. The van der Waals surface area contributed by atoms with E-state index in [1.165, 1.54) is 30.6 Å². The predicted octanol–water partition coefficient (Wildman–Crippen LogP) is 6.39. The third-order valence-electron chi connectivity index (χ3n) is 6.79. The van der Waals surface area contributed by atoms with Crippen LogP contribution >= 0.6 is 23.5 Å². The van der Waals surface area contributed by atoms with Crippen LogP contribution in [-0.2, 0) is 9.59 Å². The number of amides is 1. The highest BCUT2D eigenvalue weighted by Gasteiger charge is 2.19. The van der Waals surface area contributed by atoms with Gasteiger partial charge in [-0.25, -0.2) is 5.84 Å². The summed E-state index contributed by atoms with van der Waals surface area (Å²) in [7, 11) is 6.27. The fraction of sp³-hybridized carbons (Fsp3) is 0.243. The van der Waals surface area contributed by atoms with E-state index in [9.17, 15) is 14.4 Å². The Bertz CT molecular complexity index is 1620. The number of methoxy groups -OCH3 is 4. The van der Waals surface area contributed by atoms with E-state index in [1.54, 1.807) is 45.7 Å². The molecule has 4 aromatic carbocycles. The molecule has 0 aromatic heterocycles. The lowest BCUT2D eigenvalue weighted by atomic mass is 10.1. The molecule has 0 radical (unpaired) electrons. The number of hydrazine groups is 1. The summed E-state index contributed by atoms with van der Waals surface area (Å²) in [6.45, 7) is 0.148. The molecule has 0 saturated carbocycles. The second kappa shape index (κ2) is 22.7. The average Bonchev–Trinajstić information content (AvgIpc) is 3.16. The Labute approximate surface area is 296 Å². The quantitative estimate of drug-likeness (QED) is 0.0499. The molecule has 0 aliphatic carbocycles. The number of nitrogens with one attached hydrogen (secondary N) is 1. The Morgan fingerprint density at radius 3 is 1.57 bits per heavy atom. The Hall–Kier alpha value is -4.78. The summed E-state index contributed by atoms with van der Waals surface area (Å²) < 4.78 is 20.5. The summed E-state index contributed by atoms with van der Waals surface area (Å²) in [6.07, 6.45) is 6.27. The zero-order chi connectivity index (χ0) is 36.0. The Balaban J connectivity index is 0.000000281. The highest BCUT2D eigenvalue weighted by atomic mass is 32.2. The van der Waals surface area contributed by atoms with E-state index < -0.39 is 0 Å². The van der Waals surface area contributed by atoms with Gasteiger partial charge in [0, 0.05) is 11.8 Å². The van der Waals surface area contributed by atoms with E-state index in [4.69, 9.17) is 24.8 Å². The van der Waals surface area contributed by atoms with Gasteiger partial charge < -0.3 is 18.9 Å². The minimum absolute atomic E-state index is 0.0884. The second-order valence-electron chi connectivity index (χ2n) is 9.84. The second-order valence-corrected chi connectivity index (χ2v) is 11.7. The first-order valence-corrected chi connectivity index (χ1v) is 17.5. The van der Waals surface area contributed by atoms with E-state index in [0.29, 0.717) is 28.6 Å². The van der Waals surface area contributed by atoms with Gasteiger partial charge in [-0.1, -0.05) is 60.7 Å². The topological polar surface area (TPSA) is 139 Å². The number of aliphatic imine (C=N–C) groups is 1. The lowest BCUT2D eigenvalue weighted by Gasteiger charge is -2.12. The van der Waals surface area contributed by atoms with Crippen molar-refractivity contribution >= 4 is 47.7 Å². The third kappa shape index (κ3) is 13.0. The van der Waals surface area contributed by atoms with Crippen LogP contribution < -0.4 is 30.2 Å². The van der Waals surface area contributed by atoms with Gasteiger partial charge in [0.15, 0.2) is 28.8 Å². The first-order valence-electron chi connectivity index (χ1n) is 14.9. The number of aldehydes is 1. The molecule has 3 N–H and O–H groups in total. The van der Waals surface area contributed by atoms with Crippen LogP contribution in [0.4, 0.5) is 0 Å². The zero-order valence-electron chi connectivity index (χ0n) is 28.5. The van der Waals surface area contributed by atoms with Crippen molar-refractivity contribution in [3.05, 3.63) is 119 Å². The van der Waals surface area contributed by atoms with Gasteiger partial charge in [0.25, 0.3) is 5.91 Å². The number of nitrogens with two attached hydrogens (primary N) is 1. The highest BCUT2D eigenvalue weighted by Crippen LogP contribution is 2.29. The normalized spacial score (nSPS) is 11.4. The maximum absolute atomic E-state index is 12.4. The Kier molecular flexibility index (Phi) is 18.7. The van der Waals surface area contributed by atoms with Crippen molar-refractivity contribution in [2.45, 2.75) is 10.5 Å². The number of ketones is 1. The summed E-state index contributed by atoms with van der Waals surface area (Å²) in [5, 5.41) is -0.403. The van der Waals surface area contributed by atoms with Crippen LogP contribution in [0.15, 0.2) is 102 Å². The number of carbonyl (C=O) groups excluding carboxylic acids is 3. The summed E-state index contributed by atoms with van der Waals surface area (Å²) in [5.74, 6) is 7.49. The largest absolute Gasteiger partial charge is 0.493 e. The minimum atomic E-state index is -0.216. The van der Waals surface area contributed by atoms with Gasteiger partial charge in [-0.15, -0.1) is 23.5 Å². The predicted molar refractivity (Wildman–Crippen MR) is 200 cm³/mol. The number of benzene rings is 4. The number of hydrogen-bond donors (Lipinski definition) is 2. The number of ether oxygens (including phenoxy) is 4. The van der Waals surface area contributed by atoms with Gasteiger partial charge in [-0.2, -0.15) is 0 Å². The molecular weight excluding hydrogens is 663 g/mol. The van der Waals surface area contributed by atoms with E-state index in [-0.39, 0.29) is 28.7 Å². The zero-order valence-corrected chi connectivity index (χ0v) is 30.1. The summed E-state index contributed by atoms with van der Waals surface area (Å²) in [5.41, 5.74) is 5.57.